The fraction of sp³-hybridized carbons (Fsp3) is 0.538. The number of anilines is 1. The van der Waals surface area contributed by atoms with Gasteiger partial charge in [0.1, 0.15) is 5.52 Å². The lowest BCUT2D eigenvalue weighted by atomic mass is 10.1. The summed E-state index contributed by atoms with van der Waals surface area (Å²) in [6.07, 6.45) is 3.81. The highest BCUT2D eigenvalue weighted by molar-refractivity contribution is 7.90. The number of aryl methyl sites for hydroxylation is 1. The van der Waals surface area contributed by atoms with E-state index in [1.807, 2.05) is 13.0 Å². The van der Waals surface area contributed by atoms with E-state index in [1.54, 1.807) is 16.9 Å². The molecule has 1 saturated heterocycles. The molecule has 1 fully saturated rings. The molecule has 7 nitrogen and oxygen atoms in total. The third kappa shape index (κ3) is 3.05. The second-order valence-electron chi connectivity index (χ2n) is 5.66. The normalized spacial score (nSPS) is 18.2. The Morgan fingerprint density at radius 1 is 1.29 bits per heavy atom. The Balaban J connectivity index is 1.69. The highest BCUT2D eigenvalue weighted by Crippen LogP contribution is 2.29. The predicted octanol–water partition coefficient (Wildman–Crippen LogP) is 1.76. The number of alkyl halides is 3. The maximum Gasteiger partial charge on any atom is 0.511 e. The van der Waals surface area contributed by atoms with E-state index >= 15 is 0 Å². The Labute approximate surface area is 136 Å². The number of hydrogen-bond acceptors (Lipinski definition) is 5. The molecule has 0 bridgehead atoms. The van der Waals surface area contributed by atoms with Crippen LogP contribution in [-0.2, 0) is 10.0 Å². The zero-order valence-corrected chi connectivity index (χ0v) is 13.6. The van der Waals surface area contributed by atoms with Crippen molar-refractivity contribution in [2.75, 3.05) is 18.4 Å². The van der Waals surface area contributed by atoms with E-state index < -0.39 is 15.5 Å². The molecule has 24 heavy (non-hydrogen) atoms. The summed E-state index contributed by atoms with van der Waals surface area (Å²) in [7, 11) is -5.25. The third-order valence-corrected chi connectivity index (χ3v) is 5.57. The fourth-order valence-corrected chi connectivity index (χ4v) is 3.72. The van der Waals surface area contributed by atoms with Gasteiger partial charge in [-0.05, 0) is 25.8 Å². The number of nitrogens with zero attached hydrogens (tertiary/aromatic N) is 4. The second kappa shape index (κ2) is 5.88. The summed E-state index contributed by atoms with van der Waals surface area (Å²) >= 11 is 0. The number of halogens is 3. The molecule has 0 aromatic carbocycles. The van der Waals surface area contributed by atoms with Crippen molar-refractivity contribution < 1.29 is 21.6 Å². The highest BCUT2D eigenvalue weighted by atomic mass is 32.2. The summed E-state index contributed by atoms with van der Waals surface area (Å²) in [5.41, 5.74) is -3.67. The van der Waals surface area contributed by atoms with Crippen LogP contribution in [0.4, 0.5) is 19.0 Å². The summed E-state index contributed by atoms with van der Waals surface area (Å²) < 4.78 is 62.7. The topological polar surface area (TPSA) is 79.6 Å². The Morgan fingerprint density at radius 3 is 2.58 bits per heavy atom. The number of rotatable bonds is 3. The molecule has 3 heterocycles. The first-order valence-corrected chi connectivity index (χ1v) is 8.76. The van der Waals surface area contributed by atoms with Crippen LogP contribution >= 0.6 is 0 Å². The van der Waals surface area contributed by atoms with E-state index in [0.717, 1.165) is 11.2 Å². The molecule has 2 aromatic heterocycles. The van der Waals surface area contributed by atoms with Gasteiger partial charge in [-0.1, -0.05) is 0 Å². The smallest absolute Gasteiger partial charge is 0.365 e. The molecule has 0 aliphatic carbocycles. The van der Waals surface area contributed by atoms with Crippen molar-refractivity contribution in [1.29, 1.82) is 0 Å². The van der Waals surface area contributed by atoms with Gasteiger partial charge in [0.25, 0.3) is 0 Å². The molecule has 3 rings (SSSR count). The van der Waals surface area contributed by atoms with Crippen LogP contribution in [0.1, 0.15) is 18.5 Å². The van der Waals surface area contributed by atoms with Gasteiger partial charge in [-0.25, -0.2) is 17.9 Å². The highest BCUT2D eigenvalue weighted by Gasteiger charge is 2.50. The molecule has 0 saturated carbocycles. The van der Waals surface area contributed by atoms with Crippen LogP contribution in [0.3, 0.4) is 0 Å². The lowest BCUT2D eigenvalue weighted by Crippen LogP contribution is -2.47. The van der Waals surface area contributed by atoms with Crippen LogP contribution in [0.2, 0.25) is 0 Å². The minimum atomic E-state index is -5.25. The first-order chi connectivity index (χ1) is 11.2. The molecule has 0 spiro atoms. The number of hydrogen-bond donors (Lipinski definition) is 1. The van der Waals surface area contributed by atoms with Gasteiger partial charge in [0, 0.05) is 31.5 Å². The van der Waals surface area contributed by atoms with Gasteiger partial charge in [0.2, 0.25) is 0 Å². The van der Waals surface area contributed by atoms with Crippen LogP contribution in [-0.4, -0.2) is 52.0 Å². The monoisotopic (exact) mass is 363 g/mol. The fourth-order valence-electron chi connectivity index (χ4n) is 2.74. The molecule has 0 unspecified atom stereocenters. The molecule has 0 amide bonds. The third-order valence-electron chi connectivity index (χ3n) is 3.94. The van der Waals surface area contributed by atoms with Crippen LogP contribution in [0.5, 0.6) is 0 Å². The van der Waals surface area contributed by atoms with E-state index in [4.69, 9.17) is 0 Å². The Morgan fingerprint density at radius 2 is 1.96 bits per heavy atom. The molecule has 2 aromatic rings. The zero-order valence-electron chi connectivity index (χ0n) is 12.8. The maximum absolute atomic E-state index is 12.6. The van der Waals surface area contributed by atoms with Crippen molar-refractivity contribution in [2.24, 2.45) is 0 Å². The number of piperidine rings is 1. The number of sulfonamides is 1. The minimum Gasteiger partial charge on any atom is -0.365 e. The molecule has 0 atom stereocenters. The van der Waals surface area contributed by atoms with Gasteiger partial charge in [-0.3, -0.25) is 0 Å². The van der Waals surface area contributed by atoms with E-state index in [2.05, 4.69) is 15.4 Å². The molecular formula is C13H16F3N5O2S. The average Bonchev–Trinajstić information content (AvgIpc) is 2.88. The standard InChI is InChI=1S/C13H16F3N5O2S/c1-9-8-11-12(17-4-7-21(11)19-9)18-10-2-5-20(6-3-10)24(22,23)13(14,15)16/h4,7-8,10H,2-3,5-6H2,1H3,(H,17,18). The van der Waals surface area contributed by atoms with Crippen LogP contribution < -0.4 is 5.32 Å². The SMILES string of the molecule is Cc1cc2c(NC3CCN(S(=O)(=O)C(F)(F)F)CC3)nccn2n1. The summed E-state index contributed by atoms with van der Waals surface area (Å²) in [6, 6.07) is 1.69. The van der Waals surface area contributed by atoms with E-state index in [-0.39, 0.29) is 32.0 Å². The largest absolute Gasteiger partial charge is 0.511 e. The summed E-state index contributed by atoms with van der Waals surface area (Å²) in [5.74, 6) is 0.579. The van der Waals surface area contributed by atoms with Crippen LogP contribution in [0.15, 0.2) is 18.5 Å². The van der Waals surface area contributed by atoms with Crippen LogP contribution in [0.25, 0.3) is 5.52 Å². The summed E-state index contributed by atoms with van der Waals surface area (Å²) in [5, 5.41) is 7.44. The van der Waals surface area contributed by atoms with Gasteiger partial charge in [-0.15, -0.1) is 0 Å². The quantitative estimate of drug-likeness (QED) is 0.899. The molecule has 11 heteroatoms. The number of aromatic nitrogens is 3. The molecule has 1 N–H and O–H groups in total. The van der Waals surface area contributed by atoms with Crippen molar-refractivity contribution in [3.8, 4) is 0 Å². The molecular weight excluding hydrogens is 347 g/mol. The van der Waals surface area contributed by atoms with Crippen LogP contribution in [0, 0.1) is 6.92 Å². The predicted molar refractivity (Wildman–Crippen MR) is 80.9 cm³/mol. The number of fused-ring (bicyclic) bond motifs is 1. The molecule has 132 valence electrons. The molecule has 1 aliphatic rings. The number of nitrogens with one attached hydrogen (secondary N) is 1. The maximum atomic E-state index is 12.6. The Hall–Kier alpha value is -1.88. The van der Waals surface area contributed by atoms with Crippen molar-refractivity contribution in [3.63, 3.8) is 0 Å². The van der Waals surface area contributed by atoms with E-state index in [9.17, 15) is 21.6 Å². The lowest BCUT2D eigenvalue weighted by Gasteiger charge is -2.32. The van der Waals surface area contributed by atoms with Gasteiger partial charge >= 0.3 is 15.5 Å². The molecule has 0 radical (unpaired) electrons. The Kier molecular flexibility index (Phi) is 4.16. The zero-order chi connectivity index (χ0) is 17.5. The average molecular weight is 363 g/mol. The van der Waals surface area contributed by atoms with Gasteiger partial charge < -0.3 is 5.32 Å². The Bertz CT molecular complexity index is 841. The van der Waals surface area contributed by atoms with Crippen molar-refractivity contribution in [3.05, 3.63) is 24.2 Å². The second-order valence-corrected chi connectivity index (χ2v) is 7.59. The van der Waals surface area contributed by atoms with Crippen molar-refractivity contribution >= 4 is 21.4 Å². The first-order valence-electron chi connectivity index (χ1n) is 7.32. The van der Waals surface area contributed by atoms with Gasteiger partial charge in [0.15, 0.2) is 5.82 Å². The van der Waals surface area contributed by atoms with Gasteiger partial charge in [0.05, 0.1) is 5.69 Å². The van der Waals surface area contributed by atoms with E-state index in [0.29, 0.717) is 10.1 Å². The first kappa shape index (κ1) is 17.0. The van der Waals surface area contributed by atoms with Crippen molar-refractivity contribution in [2.45, 2.75) is 31.3 Å². The van der Waals surface area contributed by atoms with Crippen molar-refractivity contribution in [1.82, 2.24) is 18.9 Å². The summed E-state index contributed by atoms with van der Waals surface area (Å²) in [4.78, 5) is 4.24. The van der Waals surface area contributed by atoms with Gasteiger partial charge in [-0.2, -0.15) is 22.6 Å². The lowest BCUT2D eigenvalue weighted by molar-refractivity contribution is -0.0494. The minimum absolute atomic E-state index is 0.154. The summed E-state index contributed by atoms with van der Waals surface area (Å²) in [6.45, 7) is 1.49. The van der Waals surface area contributed by atoms with E-state index in [1.165, 1.54) is 0 Å². The molecule has 1 aliphatic heterocycles.